The van der Waals surface area contributed by atoms with Gasteiger partial charge in [0.25, 0.3) is 5.69 Å². The van der Waals surface area contributed by atoms with Crippen LogP contribution in [0.25, 0.3) is 11.1 Å². The number of hydrogen-bond donors (Lipinski definition) is 1. The SMILES string of the molecule is CNCc1cc([N+](=O)[O-])ccc1-c1c(C)noc1C.Cl. The smallest absolute Gasteiger partial charge is 0.269 e. The Labute approximate surface area is 122 Å². The Morgan fingerprint density at radius 2 is 2.10 bits per heavy atom. The first-order valence-electron chi connectivity index (χ1n) is 5.89. The first-order chi connectivity index (χ1) is 9.04. The molecule has 0 fully saturated rings. The summed E-state index contributed by atoms with van der Waals surface area (Å²) in [4.78, 5) is 10.5. The number of nitro groups is 1. The van der Waals surface area contributed by atoms with Crippen LogP contribution in [-0.4, -0.2) is 17.1 Å². The summed E-state index contributed by atoms with van der Waals surface area (Å²) in [6.45, 7) is 4.23. The summed E-state index contributed by atoms with van der Waals surface area (Å²) in [6.07, 6.45) is 0. The van der Waals surface area contributed by atoms with Crippen LogP contribution in [0.3, 0.4) is 0 Å². The van der Waals surface area contributed by atoms with Crippen molar-refractivity contribution in [2.45, 2.75) is 20.4 Å². The lowest BCUT2D eigenvalue weighted by molar-refractivity contribution is -0.384. The Morgan fingerprint density at radius 3 is 2.60 bits per heavy atom. The number of aromatic nitrogens is 1. The van der Waals surface area contributed by atoms with Gasteiger partial charge in [0, 0.05) is 24.2 Å². The summed E-state index contributed by atoms with van der Waals surface area (Å²) in [5, 5.41) is 17.8. The van der Waals surface area contributed by atoms with E-state index in [-0.39, 0.29) is 18.1 Å². The average molecular weight is 298 g/mol. The largest absolute Gasteiger partial charge is 0.361 e. The predicted molar refractivity (Wildman–Crippen MR) is 78.1 cm³/mol. The molecule has 108 valence electrons. The van der Waals surface area contributed by atoms with E-state index in [1.54, 1.807) is 19.2 Å². The zero-order valence-electron chi connectivity index (χ0n) is 11.5. The minimum atomic E-state index is -0.393. The zero-order valence-corrected chi connectivity index (χ0v) is 12.3. The molecule has 0 saturated heterocycles. The number of non-ortho nitro benzene ring substituents is 1. The highest BCUT2D eigenvalue weighted by atomic mass is 35.5. The third-order valence-electron chi connectivity index (χ3n) is 2.97. The number of hydrogen-bond acceptors (Lipinski definition) is 5. The van der Waals surface area contributed by atoms with Crippen LogP contribution >= 0.6 is 12.4 Å². The highest BCUT2D eigenvalue weighted by Crippen LogP contribution is 2.32. The van der Waals surface area contributed by atoms with Gasteiger partial charge >= 0.3 is 0 Å². The number of benzene rings is 1. The summed E-state index contributed by atoms with van der Waals surface area (Å²) < 4.78 is 5.16. The van der Waals surface area contributed by atoms with E-state index in [4.69, 9.17) is 4.52 Å². The van der Waals surface area contributed by atoms with Crippen LogP contribution in [0.4, 0.5) is 5.69 Å². The standard InChI is InChI=1S/C13H15N3O3.ClH/c1-8-13(9(2)19-15-8)12-5-4-11(16(17)18)6-10(12)7-14-3;/h4-6,14H,7H2,1-3H3;1H. The first kappa shape index (κ1) is 16.1. The van der Waals surface area contributed by atoms with Crippen molar-refractivity contribution in [2.24, 2.45) is 0 Å². The number of aryl methyl sites for hydroxylation is 2. The minimum absolute atomic E-state index is 0. The van der Waals surface area contributed by atoms with Gasteiger partial charge in [-0.1, -0.05) is 5.16 Å². The molecule has 0 aliphatic heterocycles. The van der Waals surface area contributed by atoms with E-state index in [9.17, 15) is 10.1 Å². The van der Waals surface area contributed by atoms with Gasteiger partial charge in [-0.25, -0.2) is 0 Å². The van der Waals surface area contributed by atoms with Gasteiger partial charge in [0.2, 0.25) is 0 Å². The number of nitrogens with one attached hydrogen (secondary N) is 1. The molecule has 0 spiro atoms. The Kier molecular flexibility index (Phi) is 5.24. The average Bonchev–Trinajstić information content (AvgIpc) is 2.70. The summed E-state index contributed by atoms with van der Waals surface area (Å²) in [5.74, 6) is 0.712. The van der Waals surface area contributed by atoms with Crippen molar-refractivity contribution >= 4 is 18.1 Å². The van der Waals surface area contributed by atoms with E-state index < -0.39 is 4.92 Å². The van der Waals surface area contributed by atoms with Gasteiger partial charge in [0.05, 0.1) is 10.6 Å². The van der Waals surface area contributed by atoms with Crippen molar-refractivity contribution in [3.8, 4) is 11.1 Å². The van der Waals surface area contributed by atoms with E-state index in [1.165, 1.54) is 6.07 Å². The van der Waals surface area contributed by atoms with Crippen molar-refractivity contribution in [1.82, 2.24) is 10.5 Å². The first-order valence-corrected chi connectivity index (χ1v) is 5.89. The zero-order chi connectivity index (χ0) is 14.0. The lowest BCUT2D eigenvalue weighted by atomic mass is 9.97. The maximum absolute atomic E-state index is 10.8. The van der Waals surface area contributed by atoms with Gasteiger partial charge in [-0.15, -0.1) is 12.4 Å². The van der Waals surface area contributed by atoms with E-state index in [1.807, 2.05) is 13.8 Å². The molecule has 20 heavy (non-hydrogen) atoms. The monoisotopic (exact) mass is 297 g/mol. The fraction of sp³-hybridized carbons (Fsp3) is 0.308. The molecule has 0 atom stereocenters. The third kappa shape index (κ3) is 2.97. The molecule has 0 saturated carbocycles. The molecule has 0 aliphatic rings. The van der Waals surface area contributed by atoms with Crippen molar-refractivity contribution in [2.75, 3.05) is 7.05 Å². The molecule has 1 aromatic heterocycles. The maximum atomic E-state index is 10.8. The number of nitrogens with zero attached hydrogens (tertiary/aromatic N) is 2. The third-order valence-corrected chi connectivity index (χ3v) is 2.97. The van der Waals surface area contributed by atoms with E-state index >= 15 is 0 Å². The van der Waals surface area contributed by atoms with E-state index in [2.05, 4.69) is 10.5 Å². The molecule has 0 radical (unpaired) electrons. The highest BCUT2D eigenvalue weighted by molar-refractivity contribution is 5.85. The van der Waals surface area contributed by atoms with E-state index in [0.717, 1.165) is 22.4 Å². The fourth-order valence-electron chi connectivity index (χ4n) is 2.14. The molecule has 2 rings (SSSR count). The van der Waals surface area contributed by atoms with Crippen LogP contribution in [0.2, 0.25) is 0 Å². The van der Waals surface area contributed by atoms with Crippen molar-refractivity contribution in [3.05, 3.63) is 45.3 Å². The fourth-order valence-corrected chi connectivity index (χ4v) is 2.14. The van der Waals surface area contributed by atoms with Crippen LogP contribution in [-0.2, 0) is 6.54 Å². The lowest BCUT2D eigenvalue weighted by Gasteiger charge is -2.08. The highest BCUT2D eigenvalue weighted by Gasteiger charge is 2.17. The second-order valence-corrected chi connectivity index (χ2v) is 4.33. The van der Waals surface area contributed by atoms with Crippen LogP contribution in [0, 0.1) is 24.0 Å². The van der Waals surface area contributed by atoms with Crippen LogP contribution < -0.4 is 5.32 Å². The molecule has 0 aliphatic carbocycles. The van der Waals surface area contributed by atoms with Gasteiger partial charge in [0.1, 0.15) is 5.76 Å². The molecule has 1 aromatic carbocycles. The molecule has 1 heterocycles. The van der Waals surface area contributed by atoms with E-state index in [0.29, 0.717) is 12.3 Å². The van der Waals surface area contributed by atoms with Gasteiger partial charge in [-0.3, -0.25) is 10.1 Å². The maximum Gasteiger partial charge on any atom is 0.269 e. The van der Waals surface area contributed by atoms with Crippen molar-refractivity contribution in [1.29, 1.82) is 0 Å². The van der Waals surface area contributed by atoms with Gasteiger partial charge in [-0.2, -0.15) is 0 Å². The van der Waals surface area contributed by atoms with Gasteiger partial charge < -0.3 is 9.84 Å². The summed E-state index contributed by atoms with van der Waals surface area (Å²) in [5.41, 5.74) is 3.53. The molecule has 1 N–H and O–H groups in total. The Balaban J connectivity index is 0.00000200. The molecule has 6 nitrogen and oxygen atoms in total. The predicted octanol–water partition coefficient (Wildman–Crippen LogP) is 3.01. The number of halogens is 1. The topological polar surface area (TPSA) is 81.2 Å². The van der Waals surface area contributed by atoms with Crippen molar-refractivity contribution < 1.29 is 9.45 Å². The normalized spacial score (nSPS) is 10.2. The molecule has 2 aromatic rings. The van der Waals surface area contributed by atoms with Crippen LogP contribution in [0.5, 0.6) is 0 Å². The minimum Gasteiger partial charge on any atom is -0.361 e. The molecular weight excluding hydrogens is 282 g/mol. The second-order valence-electron chi connectivity index (χ2n) is 4.33. The Hall–Kier alpha value is -1.92. The van der Waals surface area contributed by atoms with Crippen LogP contribution in [0.1, 0.15) is 17.0 Å². The lowest BCUT2D eigenvalue weighted by Crippen LogP contribution is -2.07. The number of rotatable bonds is 4. The quantitative estimate of drug-likeness (QED) is 0.693. The Bertz CT molecular complexity index is 606. The Morgan fingerprint density at radius 1 is 1.40 bits per heavy atom. The van der Waals surface area contributed by atoms with Crippen molar-refractivity contribution in [3.63, 3.8) is 0 Å². The number of nitro benzene ring substituents is 1. The molecule has 0 unspecified atom stereocenters. The summed E-state index contributed by atoms with van der Waals surface area (Å²) >= 11 is 0. The van der Waals surface area contributed by atoms with Gasteiger partial charge in [-0.05, 0) is 38.1 Å². The van der Waals surface area contributed by atoms with Crippen LogP contribution in [0.15, 0.2) is 22.7 Å². The molecule has 0 bridgehead atoms. The van der Waals surface area contributed by atoms with Gasteiger partial charge in [0.15, 0.2) is 0 Å². The summed E-state index contributed by atoms with van der Waals surface area (Å²) in [6, 6.07) is 4.83. The molecule has 0 amide bonds. The second kappa shape index (κ2) is 6.49. The summed E-state index contributed by atoms with van der Waals surface area (Å²) in [7, 11) is 1.80. The molecular formula is C13H16ClN3O3. The molecule has 7 heteroatoms.